The monoisotopic (exact) mass is 253 g/mol. The summed E-state index contributed by atoms with van der Waals surface area (Å²) < 4.78 is 0. The van der Waals surface area contributed by atoms with Crippen molar-refractivity contribution in [1.29, 1.82) is 0 Å². The van der Waals surface area contributed by atoms with Crippen LogP contribution >= 0.6 is 0 Å². The standard InChI is InChI=1S/C16H15NO2/c1-10-4-2-5-11-8-9-12-6-3-7-13(16(18)19)15(12)17-14(10)11/h2-7,17H,8-9H2,1H3,(H,18,19). The Morgan fingerprint density at radius 1 is 1.05 bits per heavy atom. The Hall–Kier alpha value is -2.29. The van der Waals surface area contributed by atoms with Crippen LogP contribution in [0.15, 0.2) is 36.4 Å². The topological polar surface area (TPSA) is 49.3 Å². The number of aromatic carboxylic acids is 1. The summed E-state index contributed by atoms with van der Waals surface area (Å²) in [6, 6.07) is 11.6. The molecule has 0 saturated carbocycles. The van der Waals surface area contributed by atoms with E-state index < -0.39 is 5.97 Å². The highest BCUT2D eigenvalue weighted by molar-refractivity contribution is 5.96. The normalized spacial score (nSPS) is 12.9. The Kier molecular flexibility index (Phi) is 2.75. The van der Waals surface area contributed by atoms with Crippen LogP contribution in [0, 0.1) is 6.92 Å². The van der Waals surface area contributed by atoms with Crippen LogP contribution in [0.4, 0.5) is 11.4 Å². The van der Waals surface area contributed by atoms with Gasteiger partial charge in [0.2, 0.25) is 0 Å². The molecule has 0 fully saturated rings. The van der Waals surface area contributed by atoms with Gasteiger partial charge in [-0.2, -0.15) is 0 Å². The highest BCUT2D eigenvalue weighted by atomic mass is 16.4. The second kappa shape index (κ2) is 4.43. The molecular weight excluding hydrogens is 238 g/mol. The van der Waals surface area contributed by atoms with Crippen molar-refractivity contribution in [3.05, 3.63) is 58.7 Å². The van der Waals surface area contributed by atoms with Crippen LogP contribution in [0.25, 0.3) is 0 Å². The zero-order valence-corrected chi connectivity index (χ0v) is 10.7. The Morgan fingerprint density at radius 3 is 2.37 bits per heavy atom. The molecule has 1 aliphatic heterocycles. The number of rotatable bonds is 1. The van der Waals surface area contributed by atoms with E-state index in [0.717, 1.165) is 35.3 Å². The van der Waals surface area contributed by atoms with Crippen molar-refractivity contribution in [3.63, 3.8) is 0 Å². The van der Waals surface area contributed by atoms with Gasteiger partial charge in [0.15, 0.2) is 0 Å². The van der Waals surface area contributed by atoms with Gasteiger partial charge in [0.05, 0.1) is 11.3 Å². The van der Waals surface area contributed by atoms with Gasteiger partial charge in [0, 0.05) is 5.69 Å². The molecule has 2 N–H and O–H groups in total. The van der Waals surface area contributed by atoms with Gasteiger partial charge in [-0.1, -0.05) is 30.3 Å². The van der Waals surface area contributed by atoms with Gasteiger partial charge in [0.25, 0.3) is 0 Å². The van der Waals surface area contributed by atoms with E-state index in [1.165, 1.54) is 5.56 Å². The first-order valence-electron chi connectivity index (χ1n) is 6.37. The minimum absolute atomic E-state index is 0.341. The molecule has 3 nitrogen and oxygen atoms in total. The largest absolute Gasteiger partial charge is 0.478 e. The fraction of sp³-hybridized carbons (Fsp3) is 0.188. The van der Waals surface area contributed by atoms with Crippen molar-refractivity contribution in [1.82, 2.24) is 0 Å². The van der Waals surface area contributed by atoms with Crippen molar-refractivity contribution >= 4 is 17.3 Å². The molecule has 1 aliphatic rings. The van der Waals surface area contributed by atoms with E-state index in [0.29, 0.717) is 5.56 Å². The summed E-state index contributed by atoms with van der Waals surface area (Å²) in [4.78, 5) is 11.3. The molecule has 0 bridgehead atoms. The second-order valence-corrected chi connectivity index (χ2v) is 4.88. The highest BCUT2D eigenvalue weighted by Gasteiger charge is 2.19. The van der Waals surface area contributed by atoms with Gasteiger partial charge in [-0.05, 0) is 42.5 Å². The van der Waals surface area contributed by atoms with Gasteiger partial charge in [-0.25, -0.2) is 4.79 Å². The maximum absolute atomic E-state index is 11.3. The summed E-state index contributed by atoms with van der Waals surface area (Å²) in [6.07, 6.45) is 1.79. The number of hydrogen-bond acceptors (Lipinski definition) is 2. The first kappa shape index (κ1) is 11.8. The van der Waals surface area contributed by atoms with Crippen molar-refractivity contribution < 1.29 is 9.90 Å². The van der Waals surface area contributed by atoms with Crippen molar-refractivity contribution in [2.75, 3.05) is 5.32 Å². The number of carboxylic acids is 1. The van der Waals surface area contributed by atoms with Gasteiger partial charge in [0.1, 0.15) is 0 Å². The number of anilines is 2. The van der Waals surface area contributed by atoms with Gasteiger partial charge >= 0.3 is 5.97 Å². The van der Waals surface area contributed by atoms with E-state index in [1.54, 1.807) is 6.07 Å². The summed E-state index contributed by atoms with van der Waals surface area (Å²) >= 11 is 0. The van der Waals surface area contributed by atoms with Crippen LogP contribution in [-0.2, 0) is 12.8 Å². The predicted molar refractivity (Wildman–Crippen MR) is 75.3 cm³/mol. The van der Waals surface area contributed by atoms with Crippen LogP contribution in [-0.4, -0.2) is 11.1 Å². The SMILES string of the molecule is Cc1cccc2c1Nc1c(cccc1C(=O)O)CC2. The third kappa shape index (κ3) is 1.97. The van der Waals surface area contributed by atoms with E-state index in [2.05, 4.69) is 11.4 Å². The number of carbonyl (C=O) groups is 1. The molecule has 0 atom stereocenters. The molecule has 0 radical (unpaired) electrons. The van der Waals surface area contributed by atoms with Gasteiger partial charge in [-0.3, -0.25) is 0 Å². The third-order valence-corrected chi connectivity index (χ3v) is 3.65. The Morgan fingerprint density at radius 2 is 1.68 bits per heavy atom. The molecule has 2 aromatic carbocycles. The number of aryl methyl sites for hydroxylation is 3. The molecule has 0 amide bonds. The average Bonchev–Trinajstić information content (AvgIpc) is 2.58. The quantitative estimate of drug-likeness (QED) is 0.817. The minimum Gasteiger partial charge on any atom is -0.478 e. The van der Waals surface area contributed by atoms with Crippen molar-refractivity contribution in [2.45, 2.75) is 19.8 Å². The molecule has 2 aromatic rings. The maximum atomic E-state index is 11.3. The minimum atomic E-state index is -0.888. The van der Waals surface area contributed by atoms with Crippen LogP contribution in [0.3, 0.4) is 0 Å². The molecule has 0 aliphatic carbocycles. The number of benzene rings is 2. The van der Waals surface area contributed by atoms with Crippen molar-refractivity contribution in [2.24, 2.45) is 0 Å². The predicted octanol–water partition coefficient (Wildman–Crippen LogP) is 3.54. The molecule has 3 heteroatoms. The number of carboxylic acid groups (broad SMARTS) is 1. The Labute approximate surface area is 111 Å². The Balaban J connectivity index is 2.18. The lowest BCUT2D eigenvalue weighted by Crippen LogP contribution is -2.05. The summed E-state index contributed by atoms with van der Waals surface area (Å²) in [5.74, 6) is -0.888. The van der Waals surface area contributed by atoms with Gasteiger partial charge < -0.3 is 10.4 Å². The fourth-order valence-corrected chi connectivity index (χ4v) is 2.64. The second-order valence-electron chi connectivity index (χ2n) is 4.88. The average molecular weight is 253 g/mol. The summed E-state index contributed by atoms with van der Waals surface area (Å²) in [5.41, 5.74) is 5.58. The molecule has 0 spiro atoms. The number of hydrogen-bond donors (Lipinski definition) is 2. The highest BCUT2D eigenvalue weighted by Crippen LogP contribution is 2.34. The molecular formula is C16H15NO2. The molecule has 0 aromatic heterocycles. The van der Waals surface area contributed by atoms with Crippen molar-refractivity contribution in [3.8, 4) is 0 Å². The maximum Gasteiger partial charge on any atom is 0.337 e. The van der Waals surface area contributed by atoms with E-state index >= 15 is 0 Å². The molecule has 0 saturated heterocycles. The summed E-state index contributed by atoms with van der Waals surface area (Å²) in [5, 5.41) is 12.7. The van der Waals surface area contributed by atoms with Crippen LogP contribution in [0.1, 0.15) is 27.0 Å². The molecule has 0 unspecified atom stereocenters. The molecule has 3 rings (SSSR count). The fourth-order valence-electron chi connectivity index (χ4n) is 2.64. The third-order valence-electron chi connectivity index (χ3n) is 3.65. The number of nitrogens with one attached hydrogen (secondary N) is 1. The summed E-state index contributed by atoms with van der Waals surface area (Å²) in [7, 11) is 0. The first-order chi connectivity index (χ1) is 9.16. The molecule has 1 heterocycles. The van der Waals surface area contributed by atoms with E-state index in [-0.39, 0.29) is 0 Å². The van der Waals surface area contributed by atoms with Crippen LogP contribution < -0.4 is 5.32 Å². The van der Waals surface area contributed by atoms with Crippen LogP contribution in [0.5, 0.6) is 0 Å². The smallest absolute Gasteiger partial charge is 0.337 e. The number of para-hydroxylation sites is 2. The molecule has 96 valence electrons. The summed E-state index contributed by atoms with van der Waals surface area (Å²) in [6.45, 7) is 2.04. The lowest BCUT2D eigenvalue weighted by molar-refractivity contribution is 0.0698. The van der Waals surface area contributed by atoms with E-state index in [1.807, 2.05) is 31.2 Å². The lowest BCUT2D eigenvalue weighted by atomic mass is 10.0. The lowest BCUT2D eigenvalue weighted by Gasteiger charge is -2.14. The van der Waals surface area contributed by atoms with Crippen LogP contribution in [0.2, 0.25) is 0 Å². The first-order valence-corrected chi connectivity index (χ1v) is 6.37. The zero-order valence-electron chi connectivity index (χ0n) is 10.7. The number of fused-ring (bicyclic) bond motifs is 2. The molecule has 19 heavy (non-hydrogen) atoms. The van der Waals surface area contributed by atoms with Gasteiger partial charge in [-0.15, -0.1) is 0 Å². The Bertz CT molecular complexity index is 662. The zero-order chi connectivity index (χ0) is 13.4. The van der Waals surface area contributed by atoms with E-state index in [9.17, 15) is 9.90 Å². The van der Waals surface area contributed by atoms with E-state index in [4.69, 9.17) is 0 Å².